The molecule has 0 aliphatic rings. The summed E-state index contributed by atoms with van der Waals surface area (Å²) in [5, 5.41) is 4.24. The second-order valence-electron chi connectivity index (χ2n) is 6.33. The van der Waals surface area contributed by atoms with Gasteiger partial charge in [-0.2, -0.15) is 0 Å². The average molecular weight is 286 g/mol. The molecule has 2 rings (SSSR count). The second-order valence-corrected chi connectivity index (χ2v) is 6.33. The van der Waals surface area contributed by atoms with Crippen LogP contribution in [0.1, 0.15) is 45.6 Å². The minimum atomic E-state index is 0.108. The van der Waals surface area contributed by atoms with E-state index in [1.165, 1.54) is 12.8 Å². The number of fused-ring (bicyclic) bond motifs is 1. The van der Waals surface area contributed by atoms with Gasteiger partial charge in [0.2, 0.25) is 5.91 Å². The SMILES string of the molecule is CC(C)CCC[C@@H](C)NC(=O)Cc1c[nH]c2ccccc12. The molecular formula is C18H26N2O. The van der Waals surface area contributed by atoms with Crippen molar-refractivity contribution in [2.75, 3.05) is 0 Å². The molecule has 1 aromatic carbocycles. The third-order valence-corrected chi connectivity index (χ3v) is 3.85. The molecule has 0 fully saturated rings. The van der Waals surface area contributed by atoms with Crippen LogP contribution >= 0.6 is 0 Å². The molecule has 0 spiro atoms. The molecule has 3 heteroatoms. The highest BCUT2D eigenvalue weighted by molar-refractivity contribution is 5.88. The van der Waals surface area contributed by atoms with Gasteiger partial charge in [-0.3, -0.25) is 4.79 Å². The highest BCUT2D eigenvalue weighted by Gasteiger charge is 2.11. The van der Waals surface area contributed by atoms with Gasteiger partial charge < -0.3 is 10.3 Å². The zero-order valence-electron chi connectivity index (χ0n) is 13.3. The molecule has 1 aromatic heterocycles. The van der Waals surface area contributed by atoms with Crippen molar-refractivity contribution in [3.8, 4) is 0 Å². The Balaban J connectivity index is 1.84. The van der Waals surface area contributed by atoms with E-state index in [-0.39, 0.29) is 11.9 Å². The van der Waals surface area contributed by atoms with E-state index >= 15 is 0 Å². The molecule has 2 N–H and O–H groups in total. The minimum Gasteiger partial charge on any atom is -0.361 e. The van der Waals surface area contributed by atoms with Crippen molar-refractivity contribution in [1.29, 1.82) is 0 Å². The Morgan fingerprint density at radius 3 is 2.71 bits per heavy atom. The largest absolute Gasteiger partial charge is 0.361 e. The summed E-state index contributed by atoms with van der Waals surface area (Å²) in [4.78, 5) is 15.4. The van der Waals surface area contributed by atoms with Crippen LogP contribution in [-0.2, 0) is 11.2 Å². The molecule has 0 saturated heterocycles. The van der Waals surface area contributed by atoms with E-state index in [4.69, 9.17) is 0 Å². The summed E-state index contributed by atoms with van der Waals surface area (Å²) >= 11 is 0. The molecule has 0 aliphatic heterocycles. The number of hydrogen-bond acceptors (Lipinski definition) is 1. The number of nitrogens with one attached hydrogen (secondary N) is 2. The summed E-state index contributed by atoms with van der Waals surface area (Å²) in [5.74, 6) is 0.843. The molecule has 0 radical (unpaired) electrons. The van der Waals surface area contributed by atoms with E-state index in [0.717, 1.165) is 28.8 Å². The van der Waals surface area contributed by atoms with Crippen molar-refractivity contribution in [2.45, 2.75) is 52.5 Å². The van der Waals surface area contributed by atoms with Crippen LogP contribution in [-0.4, -0.2) is 16.9 Å². The van der Waals surface area contributed by atoms with Crippen LogP contribution in [0.5, 0.6) is 0 Å². The number of aromatic nitrogens is 1. The van der Waals surface area contributed by atoms with Gasteiger partial charge in [0.05, 0.1) is 6.42 Å². The van der Waals surface area contributed by atoms with Gasteiger partial charge in [0.1, 0.15) is 0 Å². The fraction of sp³-hybridized carbons (Fsp3) is 0.500. The van der Waals surface area contributed by atoms with Crippen molar-refractivity contribution in [3.63, 3.8) is 0 Å². The first kappa shape index (κ1) is 15.6. The first-order valence-corrected chi connectivity index (χ1v) is 7.90. The van der Waals surface area contributed by atoms with E-state index in [0.29, 0.717) is 6.42 Å². The first-order chi connectivity index (χ1) is 10.1. The summed E-state index contributed by atoms with van der Waals surface area (Å²) in [6, 6.07) is 8.35. The Kier molecular flexibility index (Phi) is 5.43. The van der Waals surface area contributed by atoms with E-state index < -0.39 is 0 Å². The van der Waals surface area contributed by atoms with Crippen LogP contribution < -0.4 is 5.32 Å². The molecule has 2 aromatic rings. The standard InChI is InChI=1S/C18H26N2O/c1-13(2)7-6-8-14(3)20-18(21)11-15-12-19-17-10-5-4-9-16(15)17/h4-5,9-10,12-14,19H,6-8,11H2,1-3H3,(H,20,21)/t14-/m1/s1. The van der Waals surface area contributed by atoms with Crippen molar-refractivity contribution in [1.82, 2.24) is 10.3 Å². The van der Waals surface area contributed by atoms with Gasteiger partial charge in [-0.25, -0.2) is 0 Å². The number of hydrogen-bond donors (Lipinski definition) is 2. The van der Waals surface area contributed by atoms with Crippen molar-refractivity contribution in [3.05, 3.63) is 36.0 Å². The minimum absolute atomic E-state index is 0.108. The zero-order chi connectivity index (χ0) is 15.2. The lowest BCUT2D eigenvalue weighted by Gasteiger charge is -2.14. The number of carbonyl (C=O) groups excluding carboxylic acids is 1. The highest BCUT2D eigenvalue weighted by Crippen LogP contribution is 2.18. The lowest BCUT2D eigenvalue weighted by atomic mass is 10.0. The van der Waals surface area contributed by atoms with Gasteiger partial charge in [-0.15, -0.1) is 0 Å². The lowest BCUT2D eigenvalue weighted by molar-refractivity contribution is -0.121. The van der Waals surface area contributed by atoms with Crippen LogP contribution in [0.15, 0.2) is 30.5 Å². The van der Waals surface area contributed by atoms with Crippen LogP contribution in [0.4, 0.5) is 0 Å². The van der Waals surface area contributed by atoms with Crippen molar-refractivity contribution < 1.29 is 4.79 Å². The number of para-hydroxylation sites is 1. The molecule has 0 bridgehead atoms. The van der Waals surface area contributed by atoms with E-state index in [2.05, 4.69) is 37.1 Å². The smallest absolute Gasteiger partial charge is 0.224 e. The number of carbonyl (C=O) groups is 1. The summed E-state index contributed by atoms with van der Waals surface area (Å²) in [5.41, 5.74) is 2.16. The monoisotopic (exact) mass is 286 g/mol. The number of benzene rings is 1. The Bertz CT molecular complexity index is 586. The fourth-order valence-electron chi connectivity index (χ4n) is 2.68. The molecule has 1 atom stereocenters. The molecule has 0 aliphatic carbocycles. The normalized spacial score (nSPS) is 12.8. The van der Waals surface area contributed by atoms with Crippen LogP contribution in [0, 0.1) is 5.92 Å². The van der Waals surface area contributed by atoms with E-state index in [1.54, 1.807) is 0 Å². The average Bonchev–Trinajstić information content (AvgIpc) is 2.81. The van der Waals surface area contributed by atoms with Gasteiger partial charge in [-0.1, -0.05) is 44.9 Å². The van der Waals surface area contributed by atoms with Gasteiger partial charge in [0.15, 0.2) is 0 Å². The number of H-pyrrole nitrogens is 1. The maximum atomic E-state index is 12.1. The van der Waals surface area contributed by atoms with Crippen molar-refractivity contribution in [2.24, 2.45) is 5.92 Å². The first-order valence-electron chi connectivity index (χ1n) is 7.90. The van der Waals surface area contributed by atoms with Crippen LogP contribution in [0.2, 0.25) is 0 Å². The Morgan fingerprint density at radius 1 is 1.19 bits per heavy atom. The second kappa shape index (κ2) is 7.30. The number of rotatable bonds is 7. The van der Waals surface area contributed by atoms with Gasteiger partial charge in [0, 0.05) is 23.1 Å². The predicted molar refractivity (Wildman–Crippen MR) is 88.3 cm³/mol. The molecular weight excluding hydrogens is 260 g/mol. The van der Waals surface area contributed by atoms with Gasteiger partial charge >= 0.3 is 0 Å². The summed E-state index contributed by atoms with van der Waals surface area (Å²) in [7, 11) is 0. The van der Waals surface area contributed by atoms with Crippen LogP contribution in [0.25, 0.3) is 10.9 Å². The molecule has 0 saturated carbocycles. The Morgan fingerprint density at radius 2 is 1.95 bits per heavy atom. The maximum absolute atomic E-state index is 12.1. The third kappa shape index (κ3) is 4.62. The summed E-state index contributed by atoms with van der Waals surface area (Å²) in [6.07, 6.45) is 5.83. The Hall–Kier alpha value is -1.77. The molecule has 0 unspecified atom stereocenters. The molecule has 114 valence electrons. The predicted octanol–water partition coefficient (Wildman–Crippen LogP) is 4.04. The van der Waals surface area contributed by atoms with Gasteiger partial charge in [0.25, 0.3) is 0 Å². The van der Waals surface area contributed by atoms with E-state index in [1.807, 2.05) is 24.4 Å². The van der Waals surface area contributed by atoms with Crippen molar-refractivity contribution >= 4 is 16.8 Å². The molecule has 1 heterocycles. The van der Waals surface area contributed by atoms with E-state index in [9.17, 15) is 4.79 Å². The molecule has 21 heavy (non-hydrogen) atoms. The number of aromatic amines is 1. The quantitative estimate of drug-likeness (QED) is 0.792. The fourth-order valence-corrected chi connectivity index (χ4v) is 2.68. The summed E-state index contributed by atoms with van der Waals surface area (Å²) < 4.78 is 0. The summed E-state index contributed by atoms with van der Waals surface area (Å²) in [6.45, 7) is 6.56. The van der Waals surface area contributed by atoms with Gasteiger partial charge in [-0.05, 0) is 30.9 Å². The Labute approximate surface area is 127 Å². The maximum Gasteiger partial charge on any atom is 0.224 e. The topological polar surface area (TPSA) is 44.9 Å². The third-order valence-electron chi connectivity index (χ3n) is 3.85. The highest BCUT2D eigenvalue weighted by atomic mass is 16.1. The van der Waals surface area contributed by atoms with Crippen LogP contribution in [0.3, 0.4) is 0 Å². The molecule has 1 amide bonds. The number of amides is 1. The molecule has 3 nitrogen and oxygen atoms in total. The lowest BCUT2D eigenvalue weighted by Crippen LogP contribution is -2.33. The zero-order valence-corrected chi connectivity index (χ0v) is 13.3.